The van der Waals surface area contributed by atoms with Crippen molar-refractivity contribution in [2.24, 2.45) is 0 Å². The first-order valence-corrected chi connectivity index (χ1v) is 7.86. The number of rotatable bonds is 6. The van der Waals surface area contributed by atoms with Gasteiger partial charge in [-0.3, -0.25) is 4.40 Å². The van der Waals surface area contributed by atoms with Crippen molar-refractivity contribution in [1.82, 2.24) is 14.7 Å². The highest BCUT2D eigenvalue weighted by molar-refractivity contribution is 7.15. The molecule has 0 aliphatic rings. The molecule has 2 heterocycles. The lowest BCUT2D eigenvalue weighted by molar-refractivity contribution is 0.0701. The molecule has 0 amide bonds. The van der Waals surface area contributed by atoms with Crippen molar-refractivity contribution < 1.29 is 4.74 Å². The Balaban J connectivity index is 1.81. The number of imidazole rings is 1. The van der Waals surface area contributed by atoms with Crippen molar-refractivity contribution in [2.45, 2.75) is 18.6 Å². The molecule has 0 saturated carbocycles. The van der Waals surface area contributed by atoms with E-state index in [4.69, 9.17) is 4.74 Å². The predicted molar refractivity (Wildman–Crippen MR) is 85.8 cm³/mol. The summed E-state index contributed by atoms with van der Waals surface area (Å²) in [7, 11) is 3.73. The molecule has 0 radical (unpaired) electrons. The largest absolute Gasteiger partial charge is 0.375 e. The second-order valence-electron chi connectivity index (χ2n) is 4.99. The van der Waals surface area contributed by atoms with E-state index in [1.54, 1.807) is 18.4 Å². The number of methoxy groups -OCH3 is 1. The van der Waals surface area contributed by atoms with Gasteiger partial charge in [0.05, 0.1) is 11.8 Å². The summed E-state index contributed by atoms with van der Waals surface area (Å²) >= 11 is 1.65. The number of hydrogen-bond acceptors (Lipinski definition) is 4. The van der Waals surface area contributed by atoms with E-state index in [-0.39, 0.29) is 12.1 Å². The Bertz CT molecular complexity index is 663. The number of fused-ring (bicyclic) bond motifs is 1. The van der Waals surface area contributed by atoms with Crippen molar-refractivity contribution in [3.8, 4) is 0 Å². The van der Waals surface area contributed by atoms with Crippen LogP contribution in [0.5, 0.6) is 0 Å². The number of nitrogens with zero attached hydrogens (tertiary/aromatic N) is 2. The van der Waals surface area contributed by atoms with Crippen molar-refractivity contribution >= 4 is 16.3 Å². The van der Waals surface area contributed by atoms with Crippen LogP contribution in [0, 0.1) is 0 Å². The monoisotopic (exact) mass is 301 g/mol. The van der Waals surface area contributed by atoms with Crippen LogP contribution in [-0.4, -0.2) is 29.6 Å². The summed E-state index contributed by atoms with van der Waals surface area (Å²) in [6.45, 7) is 0. The van der Waals surface area contributed by atoms with E-state index in [2.05, 4.69) is 33.0 Å². The van der Waals surface area contributed by atoms with Gasteiger partial charge in [0.2, 0.25) is 0 Å². The fourth-order valence-electron chi connectivity index (χ4n) is 2.64. The van der Waals surface area contributed by atoms with Gasteiger partial charge in [0.1, 0.15) is 0 Å². The summed E-state index contributed by atoms with van der Waals surface area (Å²) in [5.74, 6) is 0. The number of hydrogen-bond donors (Lipinski definition) is 1. The Morgan fingerprint density at radius 3 is 2.81 bits per heavy atom. The zero-order chi connectivity index (χ0) is 14.7. The van der Waals surface area contributed by atoms with Crippen molar-refractivity contribution in [3.05, 3.63) is 59.4 Å². The molecule has 5 heteroatoms. The Kier molecular flexibility index (Phi) is 4.34. The fraction of sp³-hybridized carbons (Fsp3) is 0.312. The average Bonchev–Trinajstić information content (AvgIpc) is 3.09. The fourth-order valence-corrected chi connectivity index (χ4v) is 3.35. The minimum absolute atomic E-state index is 0.0101. The first-order valence-electron chi connectivity index (χ1n) is 6.98. The number of benzene rings is 1. The highest BCUT2D eigenvalue weighted by Crippen LogP contribution is 2.23. The van der Waals surface area contributed by atoms with Crippen LogP contribution in [0.2, 0.25) is 0 Å². The quantitative estimate of drug-likeness (QED) is 0.761. The molecule has 1 aromatic carbocycles. The highest BCUT2D eigenvalue weighted by atomic mass is 32.1. The molecule has 2 atom stereocenters. The van der Waals surface area contributed by atoms with Gasteiger partial charge in [-0.2, -0.15) is 0 Å². The lowest BCUT2D eigenvalue weighted by Crippen LogP contribution is -2.35. The van der Waals surface area contributed by atoms with Gasteiger partial charge in [-0.15, -0.1) is 11.3 Å². The van der Waals surface area contributed by atoms with Crippen LogP contribution < -0.4 is 5.32 Å². The lowest BCUT2D eigenvalue weighted by Gasteiger charge is -2.25. The zero-order valence-electron chi connectivity index (χ0n) is 12.2. The predicted octanol–water partition coefficient (Wildman–Crippen LogP) is 2.91. The van der Waals surface area contributed by atoms with E-state index in [9.17, 15) is 0 Å². The number of aromatic nitrogens is 2. The normalized spacial score (nSPS) is 14.4. The molecule has 0 saturated heterocycles. The smallest absolute Gasteiger partial charge is 0.193 e. The van der Waals surface area contributed by atoms with Gasteiger partial charge >= 0.3 is 0 Å². The van der Waals surface area contributed by atoms with Crippen LogP contribution >= 0.6 is 11.3 Å². The van der Waals surface area contributed by atoms with Crippen molar-refractivity contribution in [1.29, 1.82) is 0 Å². The van der Waals surface area contributed by atoms with Gasteiger partial charge in [-0.1, -0.05) is 30.3 Å². The summed E-state index contributed by atoms with van der Waals surface area (Å²) in [6, 6.07) is 10.5. The van der Waals surface area contributed by atoms with E-state index in [0.29, 0.717) is 0 Å². The van der Waals surface area contributed by atoms with Crippen LogP contribution in [0.25, 0.3) is 4.96 Å². The van der Waals surface area contributed by atoms with E-state index >= 15 is 0 Å². The minimum atomic E-state index is 0.0101. The van der Waals surface area contributed by atoms with Crippen molar-refractivity contribution in [2.75, 3.05) is 14.2 Å². The van der Waals surface area contributed by atoms with Crippen LogP contribution in [0.4, 0.5) is 0 Å². The van der Waals surface area contributed by atoms with Gasteiger partial charge in [0.25, 0.3) is 0 Å². The van der Waals surface area contributed by atoms with Gasteiger partial charge in [-0.25, -0.2) is 4.98 Å². The molecule has 0 aliphatic heterocycles. The summed E-state index contributed by atoms with van der Waals surface area (Å²) in [6.07, 6.45) is 4.97. The summed E-state index contributed by atoms with van der Waals surface area (Å²) < 4.78 is 7.79. The van der Waals surface area contributed by atoms with Gasteiger partial charge in [0.15, 0.2) is 4.96 Å². The molecule has 4 nitrogen and oxygen atoms in total. The molecular formula is C16H19N3OS. The molecule has 0 bridgehead atoms. The van der Waals surface area contributed by atoms with Gasteiger partial charge in [-0.05, 0) is 12.6 Å². The maximum absolute atomic E-state index is 5.72. The number of nitrogens with one attached hydrogen (secondary N) is 1. The summed E-state index contributed by atoms with van der Waals surface area (Å²) in [4.78, 5) is 5.69. The first kappa shape index (κ1) is 14.3. The third-order valence-corrected chi connectivity index (χ3v) is 4.46. The highest BCUT2D eigenvalue weighted by Gasteiger charge is 2.22. The first-order chi connectivity index (χ1) is 10.3. The topological polar surface area (TPSA) is 38.6 Å². The minimum Gasteiger partial charge on any atom is -0.375 e. The maximum atomic E-state index is 5.72. The Hall–Kier alpha value is -1.69. The third kappa shape index (κ3) is 3.00. The molecule has 21 heavy (non-hydrogen) atoms. The Morgan fingerprint density at radius 1 is 1.33 bits per heavy atom. The lowest BCUT2D eigenvalue weighted by atomic mass is 9.98. The van der Waals surface area contributed by atoms with E-state index in [1.807, 2.05) is 36.8 Å². The molecule has 110 valence electrons. The van der Waals surface area contributed by atoms with Crippen LogP contribution in [0.3, 0.4) is 0 Å². The van der Waals surface area contributed by atoms with Crippen LogP contribution in [0.15, 0.2) is 48.1 Å². The molecule has 3 rings (SSSR count). The molecule has 1 N–H and O–H groups in total. The molecule has 3 aromatic rings. The SMILES string of the molecule is CNC(Cc1cn2ccsc2n1)C(OC)c1ccccc1. The summed E-state index contributed by atoms with van der Waals surface area (Å²) in [5, 5.41) is 5.41. The van der Waals surface area contributed by atoms with Gasteiger partial charge in [0, 0.05) is 37.3 Å². The van der Waals surface area contributed by atoms with E-state index in [0.717, 1.165) is 17.1 Å². The van der Waals surface area contributed by atoms with Crippen molar-refractivity contribution in [3.63, 3.8) is 0 Å². The second-order valence-corrected chi connectivity index (χ2v) is 5.86. The molecule has 0 fully saturated rings. The zero-order valence-corrected chi connectivity index (χ0v) is 13.0. The standard InChI is InChI=1S/C16H19N3OS/c1-17-14(15(20-2)12-6-4-3-5-7-12)10-13-11-19-8-9-21-16(19)18-13/h3-9,11,14-15,17H,10H2,1-2H3. The molecule has 2 aromatic heterocycles. The molecule has 2 unspecified atom stereocenters. The third-order valence-electron chi connectivity index (χ3n) is 3.69. The number of thiazole rings is 1. The van der Waals surface area contributed by atoms with E-state index < -0.39 is 0 Å². The maximum Gasteiger partial charge on any atom is 0.193 e. The van der Waals surface area contributed by atoms with Crippen LogP contribution in [0.1, 0.15) is 17.4 Å². The molecular weight excluding hydrogens is 282 g/mol. The molecule has 0 spiro atoms. The van der Waals surface area contributed by atoms with Crippen LogP contribution in [-0.2, 0) is 11.2 Å². The Morgan fingerprint density at radius 2 is 2.14 bits per heavy atom. The van der Waals surface area contributed by atoms with E-state index in [1.165, 1.54) is 5.56 Å². The second kappa shape index (κ2) is 6.39. The summed E-state index contributed by atoms with van der Waals surface area (Å²) in [5.41, 5.74) is 2.26. The number of ether oxygens (including phenoxy) is 1. The van der Waals surface area contributed by atoms with Gasteiger partial charge < -0.3 is 10.1 Å². The number of likely N-dealkylation sites (N-methyl/N-ethyl adjacent to an activating group) is 1. The molecule has 0 aliphatic carbocycles. The average molecular weight is 301 g/mol. The Labute approximate surface area is 128 Å².